The molecule has 0 amide bonds. The van der Waals surface area contributed by atoms with Gasteiger partial charge in [0.2, 0.25) is 0 Å². The molecular formula is C21H29N3O2. The van der Waals surface area contributed by atoms with Gasteiger partial charge in [0.05, 0.1) is 12.7 Å². The van der Waals surface area contributed by atoms with Crippen LogP contribution in [0.25, 0.3) is 11.5 Å². The van der Waals surface area contributed by atoms with Crippen molar-refractivity contribution in [2.24, 2.45) is 0 Å². The molecule has 1 saturated heterocycles. The molecule has 0 unspecified atom stereocenters. The molecule has 5 heteroatoms. The molecule has 0 radical (unpaired) electrons. The predicted octanol–water partition coefficient (Wildman–Crippen LogP) is 4.09. The quantitative estimate of drug-likeness (QED) is 0.781. The number of rotatable bonds is 6. The summed E-state index contributed by atoms with van der Waals surface area (Å²) in [6.45, 7) is 3.05. The van der Waals surface area contributed by atoms with E-state index in [4.69, 9.17) is 9.26 Å². The van der Waals surface area contributed by atoms with E-state index in [2.05, 4.69) is 15.0 Å². The molecule has 1 aromatic heterocycles. The number of likely N-dealkylation sites (tertiary alicyclic amines) is 1. The van der Waals surface area contributed by atoms with Crippen molar-refractivity contribution in [3.8, 4) is 11.5 Å². The van der Waals surface area contributed by atoms with E-state index in [1.807, 2.05) is 30.3 Å². The molecule has 5 nitrogen and oxygen atoms in total. The van der Waals surface area contributed by atoms with Gasteiger partial charge in [-0.2, -0.15) is 4.98 Å². The summed E-state index contributed by atoms with van der Waals surface area (Å²) in [5.41, 5.74) is 0.960. The first-order chi connectivity index (χ1) is 12.9. The van der Waals surface area contributed by atoms with Gasteiger partial charge in [-0.25, -0.2) is 0 Å². The van der Waals surface area contributed by atoms with Gasteiger partial charge in [-0.05, 0) is 37.8 Å². The van der Waals surface area contributed by atoms with Gasteiger partial charge in [-0.1, -0.05) is 42.6 Å². The summed E-state index contributed by atoms with van der Waals surface area (Å²) in [5.74, 6) is 1.31. The Labute approximate surface area is 155 Å². The maximum atomic E-state index is 6.09. The zero-order chi connectivity index (χ0) is 17.6. The van der Waals surface area contributed by atoms with E-state index in [0.29, 0.717) is 25.0 Å². The third kappa shape index (κ3) is 4.51. The Morgan fingerprint density at radius 1 is 1.00 bits per heavy atom. The van der Waals surface area contributed by atoms with Crippen molar-refractivity contribution in [2.45, 2.75) is 63.5 Å². The lowest BCUT2D eigenvalue weighted by Crippen LogP contribution is -2.44. The Morgan fingerprint density at radius 3 is 2.54 bits per heavy atom. The molecule has 1 aliphatic heterocycles. The first kappa shape index (κ1) is 17.7. The summed E-state index contributed by atoms with van der Waals surface area (Å²) < 4.78 is 11.4. The van der Waals surface area contributed by atoms with Crippen LogP contribution in [0.1, 0.15) is 50.8 Å². The standard InChI is InChI=1S/C21H29N3O2/c1-3-7-17(8-4-1)21-22-20(23-26-21)13-16-25-19-11-14-24(15-12-19)18-9-5-2-6-10-18/h1,3-4,7-8,18-19H,2,5-6,9-16H2. The number of hydrogen-bond donors (Lipinski definition) is 0. The molecular weight excluding hydrogens is 326 g/mol. The molecule has 0 spiro atoms. The van der Waals surface area contributed by atoms with Crippen molar-refractivity contribution in [3.05, 3.63) is 36.2 Å². The number of piperidine rings is 1. The molecule has 140 valence electrons. The van der Waals surface area contributed by atoms with Crippen LogP contribution >= 0.6 is 0 Å². The second kappa shape index (κ2) is 8.78. The zero-order valence-corrected chi connectivity index (χ0v) is 15.5. The van der Waals surface area contributed by atoms with Gasteiger partial charge in [-0.15, -0.1) is 0 Å². The van der Waals surface area contributed by atoms with Gasteiger partial charge in [0.1, 0.15) is 0 Å². The number of ether oxygens (including phenoxy) is 1. The van der Waals surface area contributed by atoms with Gasteiger partial charge >= 0.3 is 0 Å². The van der Waals surface area contributed by atoms with Gasteiger partial charge in [0.25, 0.3) is 5.89 Å². The number of hydrogen-bond acceptors (Lipinski definition) is 5. The first-order valence-electron chi connectivity index (χ1n) is 10.1. The van der Waals surface area contributed by atoms with Gasteiger partial charge < -0.3 is 14.2 Å². The molecule has 2 aromatic rings. The molecule has 2 heterocycles. The highest BCUT2D eigenvalue weighted by molar-refractivity contribution is 5.51. The average molecular weight is 355 g/mol. The molecule has 1 aromatic carbocycles. The fourth-order valence-corrected chi connectivity index (χ4v) is 4.22. The second-order valence-electron chi connectivity index (χ2n) is 7.53. The normalized spacial score (nSPS) is 20.5. The molecule has 2 fully saturated rings. The maximum absolute atomic E-state index is 6.09. The van der Waals surface area contributed by atoms with Gasteiger partial charge in [0.15, 0.2) is 5.82 Å². The van der Waals surface area contributed by atoms with E-state index in [1.54, 1.807) is 0 Å². The predicted molar refractivity (Wildman–Crippen MR) is 101 cm³/mol. The van der Waals surface area contributed by atoms with Crippen LogP contribution in [0.4, 0.5) is 0 Å². The maximum Gasteiger partial charge on any atom is 0.257 e. The van der Waals surface area contributed by atoms with E-state index in [1.165, 1.54) is 45.2 Å². The van der Waals surface area contributed by atoms with Crippen LogP contribution in [0.3, 0.4) is 0 Å². The largest absolute Gasteiger partial charge is 0.378 e. The zero-order valence-electron chi connectivity index (χ0n) is 15.5. The number of aromatic nitrogens is 2. The SMILES string of the molecule is c1ccc(-c2nc(CCOC3CCN(C4CCCCC4)CC3)no2)cc1. The molecule has 1 saturated carbocycles. The van der Waals surface area contributed by atoms with Crippen molar-refractivity contribution in [2.75, 3.05) is 19.7 Å². The van der Waals surface area contributed by atoms with Gasteiger partial charge in [0, 0.05) is 31.1 Å². The highest BCUT2D eigenvalue weighted by Gasteiger charge is 2.26. The Balaban J connectivity index is 1.18. The third-order valence-electron chi connectivity index (χ3n) is 5.74. The van der Waals surface area contributed by atoms with Crippen LogP contribution in [0.2, 0.25) is 0 Å². The Hall–Kier alpha value is -1.72. The lowest BCUT2D eigenvalue weighted by atomic mass is 9.92. The lowest BCUT2D eigenvalue weighted by Gasteiger charge is -2.39. The number of nitrogens with zero attached hydrogens (tertiary/aromatic N) is 3. The van der Waals surface area contributed by atoms with Crippen LogP contribution in [0.5, 0.6) is 0 Å². The Morgan fingerprint density at radius 2 is 1.77 bits per heavy atom. The molecule has 26 heavy (non-hydrogen) atoms. The first-order valence-corrected chi connectivity index (χ1v) is 10.1. The molecule has 4 rings (SSSR count). The summed E-state index contributed by atoms with van der Waals surface area (Å²) in [5, 5.41) is 4.07. The summed E-state index contributed by atoms with van der Waals surface area (Å²) in [4.78, 5) is 7.17. The monoisotopic (exact) mass is 355 g/mol. The second-order valence-corrected chi connectivity index (χ2v) is 7.53. The fraction of sp³-hybridized carbons (Fsp3) is 0.619. The van der Waals surface area contributed by atoms with Crippen molar-refractivity contribution < 1.29 is 9.26 Å². The molecule has 0 N–H and O–H groups in total. The summed E-state index contributed by atoms with van der Waals surface area (Å²) in [6, 6.07) is 10.7. The lowest BCUT2D eigenvalue weighted by molar-refractivity contribution is -0.00512. The Bertz CT molecular complexity index is 659. The van der Waals surface area contributed by atoms with E-state index < -0.39 is 0 Å². The minimum absolute atomic E-state index is 0.385. The summed E-state index contributed by atoms with van der Waals surface area (Å²) >= 11 is 0. The van der Waals surface area contributed by atoms with Crippen molar-refractivity contribution in [1.82, 2.24) is 15.0 Å². The number of benzene rings is 1. The van der Waals surface area contributed by atoms with Crippen molar-refractivity contribution in [3.63, 3.8) is 0 Å². The molecule has 0 atom stereocenters. The topological polar surface area (TPSA) is 51.4 Å². The third-order valence-corrected chi connectivity index (χ3v) is 5.74. The van der Waals surface area contributed by atoms with E-state index in [9.17, 15) is 0 Å². The molecule has 0 bridgehead atoms. The Kier molecular flexibility index (Phi) is 5.97. The van der Waals surface area contributed by atoms with Crippen molar-refractivity contribution >= 4 is 0 Å². The van der Waals surface area contributed by atoms with Crippen LogP contribution < -0.4 is 0 Å². The van der Waals surface area contributed by atoms with E-state index in [-0.39, 0.29) is 0 Å². The highest BCUT2D eigenvalue weighted by Crippen LogP contribution is 2.26. The molecule has 1 aliphatic carbocycles. The van der Waals surface area contributed by atoms with Crippen LogP contribution in [-0.4, -0.2) is 46.9 Å². The van der Waals surface area contributed by atoms with Crippen molar-refractivity contribution in [1.29, 1.82) is 0 Å². The van der Waals surface area contributed by atoms with E-state index >= 15 is 0 Å². The summed E-state index contributed by atoms with van der Waals surface area (Å²) in [6.07, 6.45) is 10.4. The van der Waals surface area contributed by atoms with Gasteiger partial charge in [-0.3, -0.25) is 0 Å². The minimum Gasteiger partial charge on any atom is -0.378 e. The minimum atomic E-state index is 0.385. The smallest absolute Gasteiger partial charge is 0.257 e. The van der Waals surface area contributed by atoms with E-state index in [0.717, 1.165) is 30.3 Å². The summed E-state index contributed by atoms with van der Waals surface area (Å²) in [7, 11) is 0. The van der Waals surface area contributed by atoms with Crippen LogP contribution in [0.15, 0.2) is 34.9 Å². The average Bonchev–Trinajstić information content (AvgIpc) is 3.19. The van der Waals surface area contributed by atoms with Crippen LogP contribution in [0, 0.1) is 0 Å². The molecule has 2 aliphatic rings. The fourth-order valence-electron chi connectivity index (χ4n) is 4.22. The van der Waals surface area contributed by atoms with Crippen LogP contribution in [-0.2, 0) is 11.2 Å². The highest BCUT2D eigenvalue weighted by atomic mass is 16.5.